The lowest BCUT2D eigenvalue weighted by molar-refractivity contribution is -0.192. The van der Waals surface area contributed by atoms with E-state index in [1.807, 2.05) is 18.2 Å². The van der Waals surface area contributed by atoms with E-state index in [4.69, 9.17) is 18.0 Å². The van der Waals surface area contributed by atoms with E-state index in [9.17, 15) is 14.7 Å². The summed E-state index contributed by atoms with van der Waals surface area (Å²) in [4.78, 5) is 44.1. The number of aliphatic hydroxyl groups is 1. The van der Waals surface area contributed by atoms with Gasteiger partial charge in [-0.05, 0) is 72.1 Å². The average Bonchev–Trinajstić information content (AvgIpc) is 2.92. The van der Waals surface area contributed by atoms with E-state index in [1.54, 1.807) is 0 Å². The SMILES string of the molecule is C[C@@H]1C(=O)C2C(O[Si](C)(C)C(C)(C)C)c3cccc(O[Si](C)(C)C(C)(C)C)c3C(O[Si](C)(C)C(C)(C)C)C2C(=O)[C@]1(O)C(=O)OCC[Si](C)(C)C. The van der Waals surface area contributed by atoms with Crippen LogP contribution >= 0.6 is 0 Å². The monoisotopic (exact) mass is 778 g/mol. The van der Waals surface area contributed by atoms with Gasteiger partial charge in [0.05, 0.1) is 36.6 Å². The molecule has 0 saturated heterocycles. The molecule has 1 fully saturated rings. The van der Waals surface area contributed by atoms with Crippen LogP contribution in [-0.4, -0.2) is 67.9 Å². The smallest absolute Gasteiger partial charge is 0.346 e. The van der Waals surface area contributed by atoms with Gasteiger partial charge in [0.25, 0.3) is 0 Å². The van der Waals surface area contributed by atoms with Crippen molar-refractivity contribution in [2.75, 3.05) is 6.61 Å². The lowest BCUT2D eigenvalue weighted by atomic mass is 9.57. The van der Waals surface area contributed by atoms with E-state index >= 15 is 4.79 Å². The van der Waals surface area contributed by atoms with Crippen molar-refractivity contribution in [1.82, 2.24) is 0 Å². The van der Waals surface area contributed by atoms with Crippen molar-refractivity contribution in [3.05, 3.63) is 29.3 Å². The summed E-state index contributed by atoms with van der Waals surface area (Å²) in [7, 11) is -9.29. The number of hydrogen-bond acceptors (Lipinski definition) is 8. The lowest BCUT2D eigenvalue weighted by Crippen LogP contribution is -2.67. The maximum atomic E-state index is 15.2. The number of rotatable bonds is 10. The second-order valence-electron chi connectivity index (χ2n) is 21.0. The summed E-state index contributed by atoms with van der Waals surface area (Å²) >= 11 is 0. The number of ketones is 2. The molecule has 8 nitrogen and oxygen atoms in total. The molecule has 290 valence electrons. The largest absolute Gasteiger partial charge is 0.543 e. The first-order valence-electron chi connectivity index (χ1n) is 18.8. The summed E-state index contributed by atoms with van der Waals surface area (Å²) < 4.78 is 27.2. The van der Waals surface area contributed by atoms with Crippen LogP contribution in [0.1, 0.15) is 92.6 Å². The zero-order valence-electron chi connectivity index (χ0n) is 35.3. The van der Waals surface area contributed by atoms with E-state index in [1.165, 1.54) is 6.92 Å². The number of ether oxygens (including phenoxy) is 1. The molecule has 0 spiro atoms. The third-order valence-corrected chi connectivity index (χ3v) is 27.8. The normalized spacial score (nSPS) is 26.8. The summed E-state index contributed by atoms with van der Waals surface area (Å²) in [6, 6.07) is 6.52. The summed E-state index contributed by atoms with van der Waals surface area (Å²) in [5.41, 5.74) is -1.21. The zero-order valence-corrected chi connectivity index (χ0v) is 39.3. The molecule has 1 aromatic carbocycles. The molecule has 0 bridgehead atoms. The molecule has 0 radical (unpaired) electrons. The Balaban J connectivity index is 2.44. The van der Waals surface area contributed by atoms with Crippen molar-refractivity contribution in [1.29, 1.82) is 0 Å². The summed E-state index contributed by atoms with van der Waals surface area (Å²) in [5, 5.41) is 11.7. The van der Waals surface area contributed by atoms with Gasteiger partial charge >= 0.3 is 5.97 Å². The van der Waals surface area contributed by atoms with Crippen molar-refractivity contribution < 1.29 is 37.5 Å². The van der Waals surface area contributed by atoms with Crippen LogP contribution in [0, 0.1) is 17.8 Å². The van der Waals surface area contributed by atoms with Crippen LogP contribution in [0.15, 0.2) is 18.2 Å². The lowest BCUT2D eigenvalue weighted by Gasteiger charge is -2.54. The fraction of sp³-hybridized carbons (Fsp3) is 0.769. The average molecular weight is 779 g/mol. The highest BCUT2D eigenvalue weighted by Gasteiger charge is 2.68. The number of carbonyl (C=O) groups is 3. The highest BCUT2D eigenvalue weighted by molar-refractivity contribution is 6.76. The summed E-state index contributed by atoms with van der Waals surface area (Å²) in [6.07, 6.45) is -1.77. The van der Waals surface area contributed by atoms with Crippen LogP contribution in [0.4, 0.5) is 0 Å². The Morgan fingerprint density at radius 3 is 1.67 bits per heavy atom. The van der Waals surface area contributed by atoms with Gasteiger partial charge in [0, 0.05) is 13.6 Å². The first-order valence-corrected chi connectivity index (χ1v) is 31.2. The molecule has 0 amide bonds. The molecule has 2 aliphatic carbocycles. The molecule has 2 aliphatic rings. The predicted octanol–water partition coefficient (Wildman–Crippen LogP) is 9.84. The van der Waals surface area contributed by atoms with Crippen LogP contribution in [0.5, 0.6) is 5.75 Å². The van der Waals surface area contributed by atoms with Crippen LogP contribution in [-0.2, 0) is 28.0 Å². The fourth-order valence-corrected chi connectivity index (χ4v) is 10.3. The molecule has 0 aliphatic heterocycles. The Morgan fingerprint density at radius 1 is 0.745 bits per heavy atom. The number of carbonyl (C=O) groups excluding carboxylic acids is 3. The van der Waals surface area contributed by atoms with Crippen LogP contribution in [0.3, 0.4) is 0 Å². The van der Waals surface area contributed by atoms with Gasteiger partial charge in [-0.2, -0.15) is 0 Å². The molecule has 6 atom stereocenters. The second-order valence-corrected chi connectivity index (χ2v) is 40.8. The Kier molecular flexibility index (Phi) is 12.1. The van der Waals surface area contributed by atoms with Gasteiger partial charge in [0.2, 0.25) is 13.9 Å². The van der Waals surface area contributed by atoms with Gasteiger partial charge in [-0.15, -0.1) is 0 Å². The van der Waals surface area contributed by atoms with Crippen molar-refractivity contribution in [3.63, 3.8) is 0 Å². The van der Waals surface area contributed by atoms with Crippen molar-refractivity contribution in [3.8, 4) is 5.75 Å². The molecule has 1 aromatic rings. The number of hydrogen-bond donors (Lipinski definition) is 1. The fourth-order valence-electron chi connectivity index (χ4n) is 6.06. The van der Waals surface area contributed by atoms with Crippen molar-refractivity contribution in [2.24, 2.45) is 17.8 Å². The van der Waals surface area contributed by atoms with E-state index in [0.717, 1.165) is 5.56 Å². The van der Waals surface area contributed by atoms with Gasteiger partial charge < -0.3 is 23.1 Å². The topological polar surface area (TPSA) is 108 Å². The Hall–Kier alpha value is -1.42. The van der Waals surface area contributed by atoms with Gasteiger partial charge in [-0.1, -0.05) is 101 Å². The van der Waals surface area contributed by atoms with Crippen molar-refractivity contribution in [2.45, 2.75) is 167 Å². The van der Waals surface area contributed by atoms with Crippen LogP contribution in [0.2, 0.25) is 80.1 Å². The number of Topliss-reactive ketones (excluding diaryl/α,β-unsaturated/α-hetero) is 2. The molecule has 12 heteroatoms. The molecule has 3 rings (SSSR count). The number of fused-ring (bicyclic) bond motifs is 2. The van der Waals surface area contributed by atoms with Crippen molar-refractivity contribution >= 4 is 50.6 Å². The minimum absolute atomic E-state index is 0.0769. The number of benzene rings is 1. The molecular weight excluding hydrogens is 709 g/mol. The van der Waals surface area contributed by atoms with E-state index in [0.29, 0.717) is 17.4 Å². The molecule has 4 unspecified atom stereocenters. The highest BCUT2D eigenvalue weighted by atomic mass is 28.4. The third kappa shape index (κ3) is 8.47. The summed E-state index contributed by atoms with van der Waals surface area (Å²) in [5.74, 6) is -5.11. The first-order chi connectivity index (χ1) is 22.6. The second kappa shape index (κ2) is 14.0. The van der Waals surface area contributed by atoms with E-state index < -0.39 is 86.1 Å². The Bertz CT molecular complexity index is 1490. The predicted molar refractivity (Wildman–Crippen MR) is 217 cm³/mol. The molecular formula is C39H70O8Si4. The molecule has 0 aromatic heterocycles. The van der Waals surface area contributed by atoms with Crippen LogP contribution < -0.4 is 4.43 Å². The first kappa shape index (κ1) is 44.0. The van der Waals surface area contributed by atoms with E-state index in [-0.39, 0.29) is 21.7 Å². The maximum absolute atomic E-state index is 15.2. The Morgan fingerprint density at radius 2 is 1.22 bits per heavy atom. The molecule has 0 heterocycles. The van der Waals surface area contributed by atoms with Gasteiger partial charge in [0.15, 0.2) is 22.4 Å². The zero-order chi connectivity index (χ0) is 39.7. The van der Waals surface area contributed by atoms with Crippen LogP contribution in [0.25, 0.3) is 0 Å². The minimum atomic E-state index is -2.67. The maximum Gasteiger partial charge on any atom is 0.346 e. The Labute approximate surface area is 313 Å². The van der Waals surface area contributed by atoms with Gasteiger partial charge in [0.1, 0.15) is 11.5 Å². The molecule has 1 saturated carbocycles. The molecule has 51 heavy (non-hydrogen) atoms. The van der Waals surface area contributed by atoms with Gasteiger partial charge in [-0.3, -0.25) is 9.59 Å². The standard InChI is InChI=1S/C39H70O8Si4/c1-25-31(40)29-30(34(41)39(25,43)35(42)44-23-24-48(11,12)13)33(47-51(18,19)38(8,9)10)28-26(32(29)46-50(16,17)37(5,6)7)21-20-22-27(28)45-49(14,15)36(2,3)4/h20-22,25,29-30,32-33,43H,23-24H2,1-19H3/t25-,29?,30?,32?,33?,39+/m1/s1. The highest BCUT2D eigenvalue weighted by Crippen LogP contribution is 2.59. The summed E-state index contributed by atoms with van der Waals surface area (Å²) in [6.45, 7) is 40.3. The van der Waals surface area contributed by atoms with Gasteiger partial charge in [-0.25, -0.2) is 4.79 Å². The molecule has 1 N–H and O–H groups in total. The minimum Gasteiger partial charge on any atom is -0.543 e. The third-order valence-electron chi connectivity index (χ3n) is 12.8. The van der Waals surface area contributed by atoms with E-state index in [2.05, 4.69) is 121 Å². The quantitative estimate of drug-likeness (QED) is 0.142. The number of esters is 1.